The Hall–Kier alpha value is -2.09. The molecule has 0 aliphatic carbocycles. The van der Waals surface area contributed by atoms with Crippen LogP contribution >= 0.6 is 11.8 Å². The van der Waals surface area contributed by atoms with Crippen LogP contribution in [0.3, 0.4) is 0 Å². The van der Waals surface area contributed by atoms with Gasteiger partial charge in [0.2, 0.25) is 0 Å². The molecule has 0 aromatic heterocycles. The molecule has 2 rings (SSSR count). The average Bonchev–Trinajstić information content (AvgIpc) is 2.59. The van der Waals surface area contributed by atoms with E-state index >= 15 is 0 Å². The van der Waals surface area contributed by atoms with Crippen LogP contribution in [-0.2, 0) is 0 Å². The third-order valence-electron chi connectivity index (χ3n) is 3.54. The zero-order valence-electron chi connectivity index (χ0n) is 13.0. The topological polar surface area (TPSA) is 82.1 Å². The third kappa shape index (κ3) is 5.24. The monoisotopic (exact) mass is 339 g/mol. The molecule has 1 fully saturated rings. The second kappa shape index (κ2) is 8.52. The van der Waals surface area contributed by atoms with Gasteiger partial charge in [0.1, 0.15) is 5.75 Å². The Morgan fingerprint density at radius 2 is 1.78 bits per heavy atom. The van der Waals surface area contributed by atoms with Crippen molar-refractivity contribution in [3.63, 3.8) is 0 Å². The van der Waals surface area contributed by atoms with Gasteiger partial charge in [-0.25, -0.2) is 9.59 Å². The molecule has 1 aliphatic rings. The van der Waals surface area contributed by atoms with Crippen LogP contribution < -0.4 is 10.1 Å². The number of carbonyl (C=O) groups excluding carboxylic acids is 1. The Balaban J connectivity index is 1.64. The number of ether oxygens (including phenoxy) is 1. The van der Waals surface area contributed by atoms with E-state index in [2.05, 4.69) is 5.32 Å². The van der Waals surface area contributed by atoms with Crippen LogP contribution in [0, 0.1) is 0 Å². The lowest BCUT2D eigenvalue weighted by Crippen LogP contribution is -2.53. The zero-order valence-corrected chi connectivity index (χ0v) is 13.8. The number of hydrogen-bond acceptors (Lipinski definition) is 4. The van der Waals surface area contributed by atoms with E-state index in [0.29, 0.717) is 32.7 Å². The minimum absolute atomic E-state index is 0.134. The maximum atomic E-state index is 12.0. The van der Waals surface area contributed by atoms with Gasteiger partial charge in [0, 0.05) is 43.4 Å². The Morgan fingerprint density at radius 3 is 2.35 bits per heavy atom. The maximum absolute atomic E-state index is 12.0. The predicted molar refractivity (Wildman–Crippen MR) is 88.3 cm³/mol. The lowest BCUT2D eigenvalue weighted by molar-refractivity contribution is 0.112. The van der Waals surface area contributed by atoms with Gasteiger partial charge in [-0.1, -0.05) is 0 Å². The van der Waals surface area contributed by atoms with Crippen molar-refractivity contribution < 1.29 is 19.4 Å². The molecule has 0 saturated carbocycles. The molecule has 0 atom stereocenters. The lowest BCUT2D eigenvalue weighted by Gasteiger charge is -2.33. The van der Waals surface area contributed by atoms with Gasteiger partial charge in [0.25, 0.3) is 0 Å². The van der Waals surface area contributed by atoms with E-state index in [1.54, 1.807) is 23.8 Å². The molecule has 1 heterocycles. The normalized spacial score (nSPS) is 14.5. The van der Waals surface area contributed by atoms with Gasteiger partial charge in [-0.3, -0.25) is 0 Å². The Kier molecular flexibility index (Phi) is 6.40. The van der Waals surface area contributed by atoms with Crippen molar-refractivity contribution in [1.29, 1.82) is 0 Å². The number of hydrogen-bond donors (Lipinski definition) is 2. The molecule has 1 saturated heterocycles. The highest BCUT2D eigenvalue weighted by molar-refractivity contribution is 7.99. The van der Waals surface area contributed by atoms with E-state index in [-0.39, 0.29) is 6.03 Å². The Morgan fingerprint density at radius 1 is 1.17 bits per heavy atom. The lowest BCUT2D eigenvalue weighted by atomic mass is 10.3. The second-order valence-electron chi connectivity index (χ2n) is 5.01. The summed E-state index contributed by atoms with van der Waals surface area (Å²) in [4.78, 5) is 26.9. The van der Waals surface area contributed by atoms with Gasteiger partial charge in [0.05, 0.1) is 7.11 Å². The number of rotatable bonds is 5. The fourth-order valence-electron chi connectivity index (χ4n) is 2.21. The molecule has 8 heteroatoms. The van der Waals surface area contributed by atoms with Crippen molar-refractivity contribution in [2.24, 2.45) is 0 Å². The van der Waals surface area contributed by atoms with Crippen LogP contribution in [0.25, 0.3) is 0 Å². The number of benzene rings is 1. The molecule has 1 aromatic rings. The van der Waals surface area contributed by atoms with Crippen LogP contribution in [0.4, 0.5) is 9.59 Å². The molecule has 0 bridgehead atoms. The van der Waals surface area contributed by atoms with E-state index in [4.69, 9.17) is 9.84 Å². The van der Waals surface area contributed by atoms with Crippen molar-refractivity contribution in [3.8, 4) is 5.75 Å². The first-order valence-corrected chi connectivity index (χ1v) is 8.36. The molecule has 1 aromatic carbocycles. The predicted octanol–water partition coefficient (Wildman–Crippen LogP) is 1.79. The number of amides is 3. The van der Waals surface area contributed by atoms with Crippen LogP contribution in [0.15, 0.2) is 29.2 Å². The van der Waals surface area contributed by atoms with Gasteiger partial charge >= 0.3 is 12.1 Å². The SMILES string of the molecule is COc1ccc(SCCNC(=O)N2CCN(C(=O)O)CC2)cc1. The number of carboxylic acid groups (broad SMARTS) is 1. The fourth-order valence-corrected chi connectivity index (χ4v) is 2.98. The molecule has 0 unspecified atom stereocenters. The quantitative estimate of drug-likeness (QED) is 0.631. The van der Waals surface area contributed by atoms with Crippen molar-refractivity contribution in [2.75, 3.05) is 45.6 Å². The van der Waals surface area contributed by atoms with E-state index < -0.39 is 6.09 Å². The highest BCUT2D eigenvalue weighted by Crippen LogP contribution is 2.20. The summed E-state index contributed by atoms with van der Waals surface area (Å²) in [5.74, 6) is 1.59. The number of piperazine rings is 1. The van der Waals surface area contributed by atoms with E-state index in [1.807, 2.05) is 24.3 Å². The number of nitrogens with one attached hydrogen (secondary N) is 1. The van der Waals surface area contributed by atoms with Crippen LogP contribution in [0.1, 0.15) is 0 Å². The largest absolute Gasteiger partial charge is 0.497 e. The molecular weight excluding hydrogens is 318 g/mol. The zero-order chi connectivity index (χ0) is 16.7. The average molecular weight is 339 g/mol. The number of thioether (sulfide) groups is 1. The van der Waals surface area contributed by atoms with Gasteiger partial charge < -0.3 is 25.0 Å². The molecule has 1 aliphatic heterocycles. The highest BCUT2D eigenvalue weighted by atomic mass is 32.2. The summed E-state index contributed by atoms with van der Waals surface area (Å²) < 4.78 is 5.10. The Labute approximate surface area is 139 Å². The molecule has 3 amide bonds. The molecule has 2 N–H and O–H groups in total. The third-order valence-corrected chi connectivity index (χ3v) is 4.56. The first kappa shape index (κ1) is 17.3. The first-order valence-electron chi connectivity index (χ1n) is 7.37. The summed E-state index contributed by atoms with van der Waals surface area (Å²) in [5.41, 5.74) is 0. The summed E-state index contributed by atoms with van der Waals surface area (Å²) in [5, 5.41) is 11.7. The number of carbonyl (C=O) groups is 2. The Bertz CT molecular complexity index is 530. The van der Waals surface area contributed by atoms with Gasteiger partial charge in [-0.15, -0.1) is 11.8 Å². The molecule has 7 nitrogen and oxygen atoms in total. The van der Waals surface area contributed by atoms with Crippen LogP contribution in [0.5, 0.6) is 5.75 Å². The highest BCUT2D eigenvalue weighted by Gasteiger charge is 2.23. The molecule has 126 valence electrons. The standard InChI is InChI=1S/C15H21N3O4S/c1-22-12-2-4-13(5-3-12)23-11-6-16-14(19)17-7-9-18(10-8-17)15(20)21/h2-5H,6-11H2,1H3,(H,16,19)(H,20,21). The minimum atomic E-state index is -0.930. The number of methoxy groups -OCH3 is 1. The fraction of sp³-hybridized carbons (Fsp3) is 0.467. The second-order valence-corrected chi connectivity index (χ2v) is 6.18. The van der Waals surface area contributed by atoms with E-state index in [0.717, 1.165) is 16.4 Å². The van der Waals surface area contributed by atoms with Crippen molar-refractivity contribution >= 4 is 23.9 Å². The van der Waals surface area contributed by atoms with Crippen molar-refractivity contribution in [1.82, 2.24) is 15.1 Å². The summed E-state index contributed by atoms with van der Waals surface area (Å²) >= 11 is 1.66. The van der Waals surface area contributed by atoms with E-state index in [1.165, 1.54) is 4.90 Å². The summed E-state index contributed by atoms with van der Waals surface area (Å²) in [6.45, 7) is 2.16. The van der Waals surface area contributed by atoms with Gasteiger partial charge in [-0.2, -0.15) is 0 Å². The molecule has 0 radical (unpaired) electrons. The smallest absolute Gasteiger partial charge is 0.407 e. The van der Waals surface area contributed by atoms with Crippen molar-refractivity contribution in [2.45, 2.75) is 4.90 Å². The van der Waals surface area contributed by atoms with Crippen LogP contribution in [-0.4, -0.2) is 72.6 Å². The molecular formula is C15H21N3O4S. The van der Waals surface area contributed by atoms with E-state index in [9.17, 15) is 9.59 Å². The minimum Gasteiger partial charge on any atom is -0.497 e. The number of nitrogens with zero attached hydrogens (tertiary/aromatic N) is 2. The van der Waals surface area contributed by atoms with Gasteiger partial charge in [-0.05, 0) is 24.3 Å². The molecule has 0 spiro atoms. The summed E-state index contributed by atoms with van der Waals surface area (Å²) in [7, 11) is 1.63. The summed E-state index contributed by atoms with van der Waals surface area (Å²) in [6, 6.07) is 7.64. The molecule has 23 heavy (non-hydrogen) atoms. The van der Waals surface area contributed by atoms with Crippen LogP contribution in [0.2, 0.25) is 0 Å². The van der Waals surface area contributed by atoms with Gasteiger partial charge in [0.15, 0.2) is 0 Å². The first-order chi connectivity index (χ1) is 11.1. The summed E-state index contributed by atoms with van der Waals surface area (Å²) in [6.07, 6.45) is -0.930. The number of urea groups is 1. The maximum Gasteiger partial charge on any atom is 0.407 e. The van der Waals surface area contributed by atoms with Crippen molar-refractivity contribution in [3.05, 3.63) is 24.3 Å².